The summed E-state index contributed by atoms with van der Waals surface area (Å²) in [4.78, 5) is 0. The molecule has 0 aliphatic rings. The lowest BCUT2D eigenvalue weighted by atomic mass is 10.2. The molecule has 0 fully saturated rings. The zero-order valence-corrected chi connectivity index (χ0v) is 11.2. The second kappa shape index (κ2) is 5.93. The predicted molar refractivity (Wildman–Crippen MR) is 46.3 cm³/mol. The van der Waals surface area contributed by atoms with E-state index in [-0.39, 0.29) is 8.73 Å². The molecule has 0 aromatic heterocycles. The van der Waals surface area contributed by atoms with Crippen LogP contribution in [0, 0.1) is 0 Å². The summed E-state index contributed by atoms with van der Waals surface area (Å²) in [6.45, 7) is 0. The third-order valence-corrected chi connectivity index (χ3v) is 2.92. The van der Waals surface area contributed by atoms with E-state index >= 15 is 0 Å². The van der Waals surface area contributed by atoms with Gasteiger partial charge in [-0.3, -0.25) is 0 Å². The summed E-state index contributed by atoms with van der Waals surface area (Å²) < 4.78 is 195. The molecule has 0 saturated heterocycles. The number of nitrogens with zero attached hydrogens (tertiary/aromatic N) is 2. The van der Waals surface area contributed by atoms with Gasteiger partial charge in [0.15, 0.2) is 0 Å². The lowest BCUT2D eigenvalue weighted by Crippen LogP contribution is -2.53. The Hall–Kier alpha value is -1.17. The first-order valence-electron chi connectivity index (χ1n) is 4.77. The minimum atomic E-state index is -8.11. The topological polar surface area (TPSA) is 24.7 Å². The average Bonchev–Trinajstić information content (AvgIpc) is 2.20. The lowest BCUT2D eigenvalue weighted by Gasteiger charge is -2.27. The Bertz CT molecular complexity index is 522. The van der Waals surface area contributed by atoms with E-state index in [0.717, 1.165) is 0 Å². The second-order valence-electron chi connectivity index (χ2n) is 3.83. The van der Waals surface area contributed by atoms with Crippen LogP contribution in [0.15, 0.2) is 8.73 Å². The van der Waals surface area contributed by atoms with Crippen LogP contribution in [0.2, 0.25) is 0 Å². The summed E-state index contributed by atoms with van der Waals surface area (Å²) in [5.41, 5.74) is 0. The van der Waals surface area contributed by atoms with Crippen molar-refractivity contribution < 1.29 is 69.2 Å². The zero-order valence-electron chi connectivity index (χ0n) is 10.4. The van der Waals surface area contributed by atoms with Crippen LogP contribution in [0.25, 0.3) is 0 Å². The van der Waals surface area contributed by atoms with Crippen LogP contribution in [-0.4, -0.2) is 36.3 Å². The molecule has 0 N–H and O–H groups in total. The highest BCUT2D eigenvalue weighted by atomic mass is 32.3. The molecule has 0 radical (unpaired) electrons. The van der Waals surface area contributed by atoms with Crippen molar-refractivity contribution in [2.24, 2.45) is 8.73 Å². The van der Waals surface area contributed by atoms with Gasteiger partial charge in [0.05, 0.1) is 0 Å². The molecule has 0 aromatic carbocycles. The molecule has 0 bridgehead atoms. The monoisotopic (exact) mass is 436 g/mol. The number of halogens is 16. The molecule has 0 saturated carbocycles. The molecular formula is C6F16N2S. The number of rotatable bonds is 2. The Labute approximate surface area is 126 Å². The van der Waals surface area contributed by atoms with Crippen molar-refractivity contribution >= 4 is 10.4 Å². The van der Waals surface area contributed by atoms with Gasteiger partial charge >= 0.3 is 36.3 Å². The summed E-state index contributed by atoms with van der Waals surface area (Å²) >= 11 is 0. The van der Waals surface area contributed by atoms with E-state index in [2.05, 4.69) is 0 Å². The standard InChI is InChI=1S/C6F16N2S/c7-1(3(9,10)11,4(12,13)14)23-25(21,22)24-2(8,5(15,16)17)6(18,19)20. The van der Waals surface area contributed by atoms with Crippen molar-refractivity contribution in [3.05, 3.63) is 0 Å². The van der Waals surface area contributed by atoms with Crippen LogP contribution in [-0.2, 0) is 10.4 Å². The molecule has 2 nitrogen and oxygen atoms in total. The number of alkyl halides is 14. The molecule has 0 spiro atoms. The SMILES string of the molecule is FC(F)(F)C(F)(N=S(F)(F)=NC(F)(C(F)(F)F)C(F)(F)F)C(F)(F)F. The van der Waals surface area contributed by atoms with Gasteiger partial charge in [-0.05, 0) is 0 Å². The smallest absolute Gasteiger partial charge is 0.196 e. The van der Waals surface area contributed by atoms with Gasteiger partial charge in [0.25, 0.3) is 10.4 Å². The van der Waals surface area contributed by atoms with Gasteiger partial charge in [-0.25, -0.2) is 0 Å². The van der Waals surface area contributed by atoms with Crippen LogP contribution < -0.4 is 0 Å². The molecular weight excluding hydrogens is 436 g/mol. The quantitative estimate of drug-likeness (QED) is 0.383. The van der Waals surface area contributed by atoms with Gasteiger partial charge in [-0.1, -0.05) is 0 Å². The van der Waals surface area contributed by atoms with Crippen LogP contribution in [0.4, 0.5) is 69.2 Å². The lowest BCUT2D eigenvalue weighted by molar-refractivity contribution is -0.338. The van der Waals surface area contributed by atoms with E-state index in [1.165, 1.54) is 0 Å². The average molecular weight is 436 g/mol. The van der Waals surface area contributed by atoms with Crippen LogP contribution in [0.1, 0.15) is 0 Å². The van der Waals surface area contributed by atoms with Crippen molar-refractivity contribution in [3.8, 4) is 0 Å². The minimum Gasteiger partial charge on any atom is -0.196 e. The van der Waals surface area contributed by atoms with Gasteiger partial charge in [-0.2, -0.15) is 61.5 Å². The molecule has 152 valence electrons. The van der Waals surface area contributed by atoms with E-state index < -0.39 is 46.7 Å². The maximum absolute atomic E-state index is 12.8. The Balaban J connectivity index is 6.92. The molecule has 0 aromatic rings. The van der Waals surface area contributed by atoms with Gasteiger partial charge in [0, 0.05) is 0 Å². The molecule has 0 atom stereocenters. The third-order valence-electron chi connectivity index (χ3n) is 1.97. The highest BCUT2D eigenvalue weighted by molar-refractivity contribution is 7.85. The fraction of sp³-hybridized carbons (Fsp3) is 1.00. The number of hydrogen-bond acceptors (Lipinski definition) is 2. The minimum absolute atomic E-state index is 0.0216. The van der Waals surface area contributed by atoms with Crippen molar-refractivity contribution in [1.29, 1.82) is 0 Å². The molecule has 0 aliphatic heterocycles. The summed E-state index contributed by atoms with van der Waals surface area (Å²) in [6, 6.07) is 0. The Kier molecular flexibility index (Phi) is 5.65. The molecule has 0 amide bonds. The van der Waals surface area contributed by atoms with E-state index in [1.54, 1.807) is 0 Å². The van der Waals surface area contributed by atoms with Gasteiger partial charge in [0.1, 0.15) is 0 Å². The van der Waals surface area contributed by atoms with Crippen molar-refractivity contribution in [2.75, 3.05) is 0 Å². The van der Waals surface area contributed by atoms with E-state index in [9.17, 15) is 69.2 Å². The molecule has 19 heteroatoms. The van der Waals surface area contributed by atoms with Crippen LogP contribution >= 0.6 is 0 Å². The van der Waals surface area contributed by atoms with E-state index in [1.807, 2.05) is 0 Å². The second-order valence-corrected chi connectivity index (χ2v) is 5.03. The molecule has 0 heterocycles. The maximum atomic E-state index is 12.8. The zero-order chi connectivity index (χ0) is 20.9. The van der Waals surface area contributed by atoms with Crippen LogP contribution in [0.5, 0.6) is 0 Å². The van der Waals surface area contributed by atoms with Gasteiger partial charge < -0.3 is 0 Å². The Morgan fingerprint density at radius 3 is 0.680 bits per heavy atom. The molecule has 0 unspecified atom stereocenters. The van der Waals surface area contributed by atoms with E-state index in [4.69, 9.17) is 0 Å². The van der Waals surface area contributed by atoms with Gasteiger partial charge in [0.2, 0.25) is 0 Å². The predicted octanol–water partition coefficient (Wildman–Crippen LogP) is 5.86. The van der Waals surface area contributed by atoms with Crippen LogP contribution in [0.3, 0.4) is 0 Å². The summed E-state index contributed by atoms with van der Waals surface area (Å²) in [5, 5.41) is 0. The first-order chi connectivity index (χ1) is 10.4. The van der Waals surface area contributed by atoms with Gasteiger partial charge in [-0.15, -0.1) is 16.5 Å². The Morgan fingerprint density at radius 2 is 0.560 bits per heavy atom. The van der Waals surface area contributed by atoms with E-state index in [0.29, 0.717) is 0 Å². The largest absolute Gasteiger partial charge is 0.454 e. The normalized spacial score (nSPS) is 16.0. The fourth-order valence-corrected chi connectivity index (χ4v) is 1.91. The highest BCUT2D eigenvalue weighted by Crippen LogP contribution is 2.51. The molecule has 0 rings (SSSR count). The van der Waals surface area contributed by atoms with Crippen molar-refractivity contribution in [2.45, 2.75) is 36.3 Å². The summed E-state index contributed by atoms with van der Waals surface area (Å²) in [5.74, 6) is -14.6. The van der Waals surface area contributed by atoms with Crippen molar-refractivity contribution in [3.63, 3.8) is 0 Å². The van der Waals surface area contributed by atoms with Crippen molar-refractivity contribution in [1.82, 2.24) is 0 Å². The molecule has 0 aliphatic carbocycles. The molecule has 25 heavy (non-hydrogen) atoms. The Morgan fingerprint density at radius 1 is 0.400 bits per heavy atom. The first kappa shape index (κ1) is 23.8. The summed E-state index contributed by atoms with van der Waals surface area (Å²) in [7, 11) is -8.11. The number of hydrogen-bond donors (Lipinski definition) is 0. The fourth-order valence-electron chi connectivity index (χ4n) is 0.852. The third kappa shape index (κ3) is 4.52. The maximum Gasteiger partial charge on any atom is 0.454 e. The summed E-state index contributed by atoms with van der Waals surface area (Å²) in [6.07, 6.45) is -29.5. The first-order valence-corrected chi connectivity index (χ1v) is 6.11. The highest BCUT2D eigenvalue weighted by Gasteiger charge is 2.76.